The van der Waals surface area contributed by atoms with E-state index in [0.29, 0.717) is 42.3 Å². The Labute approximate surface area is 223 Å². The maximum Gasteiger partial charge on any atom is 0.308 e. The largest absolute Gasteiger partial charge is 0.493 e. The Morgan fingerprint density at radius 3 is 2.61 bits per heavy atom. The Morgan fingerprint density at radius 2 is 1.97 bits per heavy atom. The first-order valence-corrected chi connectivity index (χ1v) is 14.8. The van der Waals surface area contributed by atoms with Crippen molar-refractivity contribution in [3.05, 3.63) is 17.7 Å². The molecule has 214 valence electrons. The molecule has 12 nitrogen and oxygen atoms in total. The maximum atomic E-state index is 13.4. The second-order valence-electron chi connectivity index (χ2n) is 9.69. The zero-order valence-corrected chi connectivity index (χ0v) is 23.0. The van der Waals surface area contributed by atoms with Gasteiger partial charge in [0.05, 0.1) is 25.8 Å². The van der Waals surface area contributed by atoms with E-state index in [1.54, 1.807) is 17.0 Å². The summed E-state index contributed by atoms with van der Waals surface area (Å²) in [6, 6.07) is 2.88. The van der Waals surface area contributed by atoms with Gasteiger partial charge in [0.2, 0.25) is 28.5 Å². The van der Waals surface area contributed by atoms with Gasteiger partial charge in [-0.05, 0) is 37.0 Å². The molecular formula is C25H39N3O9S. The van der Waals surface area contributed by atoms with Crippen molar-refractivity contribution < 1.29 is 42.4 Å². The lowest BCUT2D eigenvalue weighted by Crippen LogP contribution is -2.45. The molecule has 1 saturated heterocycles. The monoisotopic (exact) mass is 557 g/mol. The van der Waals surface area contributed by atoms with Gasteiger partial charge < -0.3 is 29.3 Å². The van der Waals surface area contributed by atoms with Gasteiger partial charge in [0.15, 0.2) is 11.5 Å². The van der Waals surface area contributed by atoms with Crippen LogP contribution in [0.25, 0.3) is 0 Å². The molecule has 0 radical (unpaired) electrons. The van der Waals surface area contributed by atoms with Crippen molar-refractivity contribution in [2.75, 3.05) is 59.5 Å². The summed E-state index contributed by atoms with van der Waals surface area (Å²) >= 11 is 0. The average molecular weight is 558 g/mol. The highest BCUT2D eigenvalue weighted by atomic mass is 32.2. The number of rotatable bonds is 15. The number of carbonyl (C=O) groups excluding carboxylic acids is 1. The molecule has 0 aliphatic carbocycles. The highest BCUT2D eigenvalue weighted by Crippen LogP contribution is 2.47. The molecule has 1 amide bonds. The fourth-order valence-electron chi connectivity index (χ4n) is 5.19. The first kappa shape index (κ1) is 29.9. The third-order valence-electron chi connectivity index (χ3n) is 7.01. The number of aliphatic hydroxyl groups excluding tert-OH is 1. The van der Waals surface area contributed by atoms with Crippen molar-refractivity contribution in [3.63, 3.8) is 0 Å². The fraction of sp³-hybridized carbons (Fsp3) is 0.680. The number of aliphatic carboxylic acids is 1. The van der Waals surface area contributed by atoms with E-state index in [0.717, 1.165) is 19.1 Å². The number of amides is 1. The molecule has 0 saturated carbocycles. The van der Waals surface area contributed by atoms with Gasteiger partial charge in [0, 0.05) is 44.7 Å². The number of sulfonamides is 1. The van der Waals surface area contributed by atoms with Crippen LogP contribution in [0.1, 0.15) is 44.1 Å². The van der Waals surface area contributed by atoms with Crippen LogP contribution >= 0.6 is 0 Å². The Hall–Kier alpha value is -2.61. The lowest BCUT2D eigenvalue weighted by Gasteiger charge is -2.29. The Morgan fingerprint density at radius 1 is 1.24 bits per heavy atom. The molecule has 0 spiro atoms. The number of ether oxygens (including phenoxy) is 3. The van der Waals surface area contributed by atoms with Crippen LogP contribution in [0.2, 0.25) is 0 Å². The molecule has 1 aromatic rings. The van der Waals surface area contributed by atoms with Crippen LogP contribution in [0.3, 0.4) is 0 Å². The van der Waals surface area contributed by atoms with E-state index in [-0.39, 0.29) is 45.4 Å². The van der Waals surface area contributed by atoms with Crippen molar-refractivity contribution in [1.29, 1.82) is 0 Å². The molecule has 3 unspecified atom stereocenters. The lowest BCUT2D eigenvalue weighted by molar-refractivity contribution is -0.143. The van der Waals surface area contributed by atoms with Gasteiger partial charge in [-0.1, -0.05) is 13.3 Å². The predicted octanol–water partition coefficient (Wildman–Crippen LogP) is 0.843. The number of unbranched alkanes of at least 4 members (excludes halogenated alkanes) is 1. The molecular weight excluding hydrogens is 518 g/mol. The van der Waals surface area contributed by atoms with E-state index in [9.17, 15) is 28.2 Å². The van der Waals surface area contributed by atoms with E-state index >= 15 is 0 Å². The smallest absolute Gasteiger partial charge is 0.308 e. The Bertz CT molecular complexity index is 1070. The minimum Gasteiger partial charge on any atom is -0.493 e. The Balaban J connectivity index is 1.92. The van der Waals surface area contributed by atoms with Crippen molar-refractivity contribution >= 4 is 21.9 Å². The van der Waals surface area contributed by atoms with E-state index in [1.165, 1.54) is 7.11 Å². The second kappa shape index (κ2) is 13.5. The molecule has 2 aliphatic rings. The van der Waals surface area contributed by atoms with Gasteiger partial charge in [0.25, 0.3) is 0 Å². The van der Waals surface area contributed by atoms with Crippen LogP contribution in [0, 0.1) is 5.92 Å². The quantitative estimate of drug-likeness (QED) is 0.283. The van der Waals surface area contributed by atoms with Crippen LogP contribution in [-0.2, 0) is 19.6 Å². The zero-order valence-electron chi connectivity index (χ0n) is 22.2. The molecule has 2 aliphatic heterocycles. The summed E-state index contributed by atoms with van der Waals surface area (Å²) in [5.41, 5.74) is 0.678. The summed E-state index contributed by atoms with van der Waals surface area (Å²) in [5, 5.41) is 19.6. The van der Waals surface area contributed by atoms with Gasteiger partial charge in [-0.3, -0.25) is 14.5 Å². The molecule has 1 fully saturated rings. The first-order valence-electron chi connectivity index (χ1n) is 12.9. The number of fused-ring (bicyclic) bond motifs is 1. The van der Waals surface area contributed by atoms with Gasteiger partial charge in [-0.25, -0.2) is 13.1 Å². The number of likely N-dealkylation sites (tertiary alicyclic amines) is 1. The lowest BCUT2D eigenvalue weighted by atomic mass is 9.84. The summed E-state index contributed by atoms with van der Waals surface area (Å²) < 4.78 is 42.3. The highest BCUT2D eigenvalue weighted by Gasteiger charge is 2.47. The van der Waals surface area contributed by atoms with Gasteiger partial charge in [-0.2, -0.15) is 0 Å². The third kappa shape index (κ3) is 7.49. The summed E-state index contributed by atoms with van der Waals surface area (Å²) in [6.45, 7) is 3.29. The van der Waals surface area contributed by atoms with E-state index in [4.69, 9.17) is 14.2 Å². The molecule has 3 N–H and O–H groups in total. The van der Waals surface area contributed by atoms with Crippen molar-refractivity contribution in [1.82, 2.24) is 14.5 Å². The molecule has 0 bridgehead atoms. The Kier molecular flexibility index (Phi) is 10.6. The average Bonchev–Trinajstić information content (AvgIpc) is 3.47. The SMILES string of the molecule is CCCCN(CCCO)C(=O)CN1CC(c2cc(OC)c3c(c2)OCO3)C(C(=O)O)C1CCNS(C)(=O)=O. The highest BCUT2D eigenvalue weighted by molar-refractivity contribution is 7.88. The predicted molar refractivity (Wildman–Crippen MR) is 139 cm³/mol. The van der Waals surface area contributed by atoms with Gasteiger partial charge in [0.1, 0.15) is 0 Å². The van der Waals surface area contributed by atoms with Crippen LogP contribution in [0.5, 0.6) is 17.2 Å². The number of hydrogen-bond acceptors (Lipinski definition) is 9. The van der Waals surface area contributed by atoms with Gasteiger partial charge >= 0.3 is 5.97 Å². The number of carboxylic acid groups (broad SMARTS) is 1. The van der Waals surface area contributed by atoms with Crippen molar-refractivity contribution in [2.24, 2.45) is 5.92 Å². The number of hydrogen-bond donors (Lipinski definition) is 3. The molecule has 38 heavy (non-hydrogen) atoms. The normalized spacial score (nSPS) is 21.0. The molecule has 1 aromatic carbocycles. The first-order chi connectivity index (χ1) is 18.1. The molecule has 0 aromatic heterocycles. The van der Waals surface area contributed by atoms with E-state index in [2.05, 4.69) is 4.72 Å². The van der Waals surface area contributed by atoms with Crippen molar-refractivity contribution in [3.8, 4) is 17.2 Å². The van der Waals surface area contributed by atoms with Crippen LogP contribution < -0.4 is 18.9 Å². The number of benzene rings is 1. The number of methoxy groups -OCH3 is 1. The third-order valence-corrected chi connectivity index (χ3v) is 7.73. The van der Waals surface area contributed by atoms with E-state index in [1.807, 2.05) is 11.8 Å². The standard InChI is InChI=1S/C25H39N3O9S/c1-4-5-9-27(10-6-11-29)22(30)15-28-14-18(17-12-20(35-2)24-21(13-17)36-16-37-24)23(25(31)32)19(28)7-8-26-38(3,33)34/h12-13,18-19,23,26,29H,4-11,14-16H2,1-3H3,(H,31,32). The van der Waals surface area contributed by atoms with Crippen LogP contribution in [0.4, 0.5) is 0 Å². The molecule has 3 atom stereocenters. The summed E-state index contributed by atoms with van der Waals surface area (Å²) in [5.74, 6) is -1.25. The van der Waals surface area contributed by atoms with Crippen LogP contribution in [0.15, 0.2) is 12.1 Å². The minimum absolute atomic E-state index is 0.0132. The molecule has 13 heteroatoms. The minimum atomic E-state index is -3.47. The number of carboxylic acids is 1. The fourth-order valence-corrected chi connectivity index (χ4v) is 5.68. The topological polar surface area (TPSA) is 155 Å². The second-order valence-corrected chi connectivity index (χ2v) is 11.5. The van der Waals surface area contributed by atoms with Crippen molar-refractivity contribution in [2.45, 2.75) is 44.6 Å². The maximum absolute atomic E-state index is 13.4. The number of aliphatic hydroxyl groups is 1. The van der Waals surface area contributed by atoms with Crippen LogP contribution in [-0.4, -0.2) is 106 Å². The van der Waals surface area contributed by atoms with E-state index < -0.39 is 33.9 Å². The number of nitrogens with one attached hydrogen (secondary N) is 1. The zero-order chi connectivity index (χ0) is 27.9. The summed E-state index contributed by atoms with van der Waals surface area (Å²) in [4.78, 5) is 29.5. The number of carbonyl (C=O) groups is 2. The summed E-state index contributed by atoms with van der Waals surface area (Å²) in [7, 11) is -1.98. The number of nitrogens with zero attached hydrogens (tertiary/aromatic N) is 2. The molecule has 3 rings (SSSR count). The summed E-state index contributed by atoms with van der Waals surface area (Å²) in [6.07, 6.45) is 3.43. The van der Waals surface area contributed by atoms with Gasteiger partial charge in [-0.15, -0.1) is 0 Å². The molecule has 2 heterocycles.